The topological polar surface area (TPSA) is 75.7 Å². The summed E-state index contributed by atoms with van der Waals surface area (Å²) in [4.78, 5) is 13.1. The number of rotatable bonds is 6. The average Bonchev–Trinajstić information content (AvgIpc) is 3.12. The van der Waals surface area contributed by atoms with Crippen molar-refractivity contribution in [2.24, 2.45) is 0 Å². The molecular formula is C20H29BrN2O4S. The fourth-order valence-electron chi connectivity index (χ4n) is 4.34. The van der Waals surface area contributed by atoms with Gasteiger partial charge in [0.15, 0.2) is 0 Å². The van der Waals surface area contributed by atoms with Gasteiger partial charge in [-0.2, -0.15) is 4.31 Å². The van der Waals surface area contributed by atoms with Crippen molar-refractivity contribution in [2.45, 2.75) is 57.2 Å². The summed E-state index contributed by atoms with van der Waals surface area (Å²) in [5.41, 5.74) is 0.455. The minimum atomic E-state index is -3.43. The Morgan fingerprint density at radius 1 is 1.18 bits per heavy atom. The molecule has 2 fully saturated rings. The molecule has 0 radical (unpaired) electrons. The summed E-state index contributed by atoms with van der Waals surface area (Å²) in [6.45, 7) is 4.61. The highest BCUT2D eigenvalue weighted by Crippen LogP contribution is 2.41. The molecule has 1 N–H and O–H groups in total. The van der Waals surface area contributed by atoms with Crippen LogP contribution in [0.4, 0.5) is 0 Å². The van der Waals surface area contributed by atoms with Crippen molar-refractivity contribution in [3.05, 3.63) is 34.3 Å². The molecule has 0 aromatic heterocycles. The zero-order valence-corrected chi connectivity index (χ0v) is 18.9. The quantitative estimate of drug-likeness (QED) is 0.690. The summed E-state index contributed by atoms with van der Waals surface area (Å²) in [5.74, 6) is -0.152. The van der Waals surface area contributed by atoms with Crippen LogP contribution in [0, 0.1) is 0 Å². The number of amides is 1. The highest BCUT2D eigenvalue weighted by Gasteiger charge is 2.42. The average molecular weight is 473 g/mol. The van der Waals surface area contributed by atoms with Crippen molar-refractivity contribution < 1.29 is 17.9 Å². The second kappa shape index (κ2) is 8.81. The highest BCUT2D eigenvalue weighted by atomic mass is 79.9. The Hall–Kier alpha value is -0.960. The number of carbonyl (C=O) groups excluding carboxylic acids is 1. The maximum atomic E-state index is 13.1. The highest BCUT2D eigenvalue weighted by molar-refractivity contribution is 9.10. The van der Waals surface area contributed by atoms with Gasteiger partial charge in [0.25, 0.3) is 0 Å². The van der Waals surface area contributed by atoms with E-state index in [1.807, 2.05) is 38.1 Å². The van der Waals surface area contributed by atoms with E-state index in [2.05, 4.69) is 21.2 Å². The number of nitrogens with one attached hydrogen (secondary N) is 1. The third-order valence-electron chi connectivity index (χ3n) is 5.71. The predicted octanol–water partition coefficient (Wildman–Crippen LogP) is 2.82. The predicted molar refractivity (Wildman–Crippen MR) is 113 cm³/mol. The Bertz CT molecular complexity index is 781. The number of hydrogen-bond donors (Lipinski definition) is 1. The monoisotopic (exact) mass is 472 g/mol. The number of nitrogens with zero attached hydrogens (tertiary/aromatic N) is 1. The molecule has 1 amide bonds. The standard InChI is InChI=1S/C20H29BrN2O4S/c1-15-13-23(14-16(2)27-15)28(25,26)12-11-22-19(24)20(9-3-4-10-20)17-5-7-18(21)8-6-17/h5-8,15-16H,3-4,9-14H2,1-2H3,(H,22,24). The van der Waals surface area contributed by atoms with E-state index < -0.39 is 15.4 Å². The maximum absolute atomic E-state index is 13.1. The van der Waals surface area contributed by atoms with Crippen LogP contribution in [-0.4, -0.2) is 56.2 Å². The maximum Gasteiger partial charge on any atom is 0.230 e. The smallest absolute Gasteiger partial charge is 0.230 e. The molecule has 0 bridgehead atoms. The molecule has 1 heterocycles. The van der Waals surface area contributed by atoms with Gasteiger partial charge in [-0.3, -0.25) is 4.79 Å². The first kappa shape index (κ1) is 21.7. The van der Waals surface area contributed by atoms with Crippen LogP contribution in [0.5, 0.6) is 0 Å². The zero-order chi connectivity index (χ0) is 20.4. The van der Waals surface area contributed by atoms with Gasteiger partial charge in [-0.15, -0.1) is 0 Å². The van der Waals surface area contributed by atoms with Crippen molar-refractivity contribution in [3.8, 4) is 0 Å². The van der Waals surface area contributed by atoms with Crippen molar-refractivity contribution in [3.63, 3.8) is 0 Å². The molecule has 156 valence electrons. The van der Waals surface area contributed by atoms with Crippen LogP contribution in [0.25, 0.3) is 0 Å². The van der Waals surface area contributed by atoms with E-state index in [1.54, 1.807) is 0 Å². The SMILES string of the molecule is CC1CN(S(=O)(=O)CCNC(=O)C2(c3ccc(Br)cc3)CCCC2)CC(C)O1. The van der Waals surface area contributed by atoms with Gasteiger partial charge in [0, 0.05) is 24.1 Å². The molecule has 1 aliphatic heterocycles. The lowest BCUT2D eigenvalue weighted by Gasteiger charge is -2.34. The van der Waals surface area contributed by atoms with Crippen molar-refractivity contribution in [1.82, 2.24) is 9.62 Å². The molecule has 1 aromatic rings. The van der Waals surface area contributed by atoms with Gasteiger partial charge in [-0.05, 0) is 44.4 Å². The van der Waals surface area contributed by atoms with Gasteiger partial charge in [-0.25, -0.2) is 8.42 Å². The van der Waals surface area contributed by atoms with E-state index in [0.717, 1.165) is 35.7 Å². The van der Waals surface area contributed by atoms with Crippen LogP contribution < -0.4 is 5.32 Å². The van der Waals surface area contributed by atoms with Crippen LogP contribution in [0.2, 0.25) is 0 Å². The summed E-state index contributed by atoms with van der Waals surface area (Å²) in [6.07, 6.45) is 3.37. The molecule has 1 aromatic carbocycles. The third-order valence-corrected chi connectivity index (χ3v) is 8.05. The van der Waals surface area contributed by atoms with Crippen molar-refractivity contribution >= 4 is 31.9 Å². The number of halogens is 1. The van der Waals surface area contributed by atoms with Crippen LogP contribution in [0.1, 0.15) is 45.1 Å². The fraction of sp³-hybridized carbons (Fsp3) is 0.650. The van der Waals surface area contributed by atoms with Crippen LogP contribution >= 0.6 is 15.9 Å². The molecule has 2 unspecified atom stereocenters. The fourth-order valence-corrected chi connectivity index (χ4v) is 6.10. The van der Waals surface area contributed by atoms with Crippen LogP contribution in [-0.2, 0) is 25.0 Å². The van der Waals surface area contributed by atoms with Gasteiger partial charge >= 0.3 is 0 Å². The van der Waals surface area contributed by atoms with E-state index >= 15 is 0 Å². The first-order valence-electron chi connectivity index (χ1n) is 9.90. The number of benzene rings is 1. The second-order valence-corrected chi connectivity index (χ2v) is 10.9. The summed E-state index contributed by atoms with van der Waals surface area (Å²) < 4.78 is 33.4. The lowest BCUT2D eigenvalue weighted by atomic mass is 9.78. The minimum absolute atomic E-state index is 0.0637. The summed E-state index contributed by atoms with van der Waals surface area (Å²) >= 11 is 3.44. The molecule has 2 aliphatic rings. The van der Waals surface area contributed by atoms with Gasteiger partial charge in [0.2, 0.25) is 15.9 Å². The molecule has 8 heteroatoms. The number of sulfonamides is 1. The zero-order valence-electron chi connectivity index (χ0n) is 16.5. The number of hydrogen-bond acceptors (Lipinski definition) is 4. The van der Waals surface area contributed by atoms with E-state index in [9.17, 15) is 13.2 Å². The number of morpholine rings is 1. The van der Waals surface area contributed by atoms with Gasteiger partial charge in [-0.1, -0.05) is 40.9 Å². The Kier molecular flexibility index (Phi) is 6.84. The molecule has 1 saturated carbocycles. The number of carbonyl (C=O) groups is 1. The van der Waals surface area contributed by atoms with E-state index in [4.69, 9.17) is 4.74 Å². The Morgan fingerprint density at radius 2 is 1.75 bits per heavy atom. The molecule has 0 spiro atoms. The van der Waals surface area contributed by atoms with Crippen molar-refractivity contribution in [2.75, 3.05) is 25.4 Å². The lowest BCUT2D eigenvalue weighted by molar-refractivity contribution is -0.126. The lowest BCUT2D eigenvalue weighted by Crippen LogP contribution is -2.50. The molecular weight excluding hydrogens is 444 g/mol. The first-order valence-corrected chi connectivity index (χ1v) is 12.3. The molecule has 3 rings (SSSR count). The van der Waals surface area contributed by atoms with Crippen molar-refractivity contribution in [1.29, 1.82) is 0 Å². The molecule has 2 atom stereocenters. The largest absolute Gasteiger partial charge is 0.373 e. The number of ether oxygens (including phenoxy) is 1. The van der Waals surface area contributed by atoms with E-state index in [0.29, 0.717) is 13.1 Å². The first-order chi connectivity index (χ1) is 13.2. The second-order valence-electron chi connectivity index (χ2n) is 7.94. The third kappa shape index (κ3) is 4.78. The minimum Gasteiger partial charge on any atom is -0.373 e. The summed E-state index contributed by atoms with van der Waals surface area (Å²) in [5, 5.41) is 2.91. The van der Waals surface area contributed by atoms with Gasteiger partial charge in [0.1, 0.15) is 0 Å². The van der Waals surface area contributed by atoms with E-state index in [1.165, 1.54) is 4.31 Å². The van der Waals surface area contributed by atoms with Gasteiger partial charge in [0.05, 0.1) is 23.4 Å². The van der Waals surface area contributed by atoms with Crippen LogP contribution in [0.15, 0.2) is 28.7 Å². The Balaban J connectivity index is 1.63. The Labute approximate surface area is 176 Å². The molecule has 6 nitrogen and oxygen atoms in total. The summed E-state index contributed by atoms with van der Waals surface area (Å²) in [7, 11) is -3.43. The normalized spacial score (nSPS) is 25.5. The van der Waals surface area contributed by atoms with E-state index in [-0.39, 0.29) is 30.4 Å². The summed E-state index contributed by atoms with van der Waals surface area (Å²) in [6, 6.07) is 7.88. The van der Waals surface area contributed by atoms with Crippen LogP contribution in [0.3, 0.4) is 0 Å². The van der Waals surface area contributed by atoms with Gasteiger partial charge < -0.3 is 10.1 Å². The molecule has 1 aliphatic carbocycles. The Morgan fingerprint density at radius 3 is 2.32 bits per heavy atom. The molecule has 28 heavy (non-hydrogen) atoms. The molecule has 1 saturated heterocycles.